The molecule has 0 fully saturated rings. The molecule has 0 saturated carbocycles. The van der Waals surface area contributed by atoms with Crippen molar-refractivity contribution in [2.45, 2.75) is 0 Å². The SMILES string of the molecule is C=C.O=[Si](O)O. The Kier molecular flexibility index (Phi) is 13.3. The highest BCUT2D eigenvalue weighted by Gasteiger charge is 1.85. The molecular formula is C2H6O3Si. The molecule has 0 heterocycles. The molecule has 0 atom stereocenters. The van der Waals surface area contributed by atoms with Crippen molar-refractivity contribution in [1.29, 1.82) is 0 Å². The van der Waals surface area contributed by atoms with Gasteiger partial charge in [0.2, 0.25) is 0 Å². The Morgan fingerprint density at radius 2 is 1.33 bits per heavy atom. The van der Waals surface area contributed by atoms with Crippen LogP contribution in [0.1, 0.15) is 0 Å². The number of rotatable bonds is 0. The third kappa shape index (κ3) is 45.1. The van der Waals surface area contributed by atoms with Crippen molar-refractivity contribution in [3.8, 4) is 0 Å². The van der Waals surface area contributed by atoms with Crippen LogP contribution in [0.3, 0.4) is 0 Å². The van der Waals surface area contributed by atoms with Crippen LogP contribution in [0.2, 0.25) is 0 Å². The fourth-order valence-electron chi connectivity index (χ4n) is 0. The largest absolute Gasteiger partial charge is 0.761 e. The zero-order chi connectivity index (χ0) is 5.58. The predicted octanol–water partition coefficient (Wildman–Crippen LogP) is -0.811. The van der Waals surface area contributed by atoms with Gasteiger partial charge in [0.25, 0.3) is 0 Å². The van der Waals surface area contributed by atoms with E-state index >= 15 is 0 Å². The van der Waals surface area contributed by atoms with Crippen LogP contribution < -0.4 is 0 Å². The summed E-state index contributed by atoms with van der Waals surface area (Å²) in [5.74, 6) is 0. The van der Waals surface area contributed by atoms with E-state index in [2.05, 4.69) is 13.2 Å². The standard InChI is InChI=1S/C2H4.H2O3Si/c1-2;1-4(2)3/h1-2H2;1-2H. The summed E-state index contributed by atoms with van der Waals surface area (Å²) in [4.78, 5) is 14.3. The van der Waals surface area contributed by atoms with Gasteiger partial charge in [-0.05, 0) is 0 Å². The van der Waals surface area contributed by atoms with Crippen molar-refractivity contribution in [1.82, 2.24) is 0 Å². The Morgan fingerprint density at radius 3 is 1.33 bits per heavy atom. The molecule has 0 aromatic carbocycles. The maximum absolute atomic E-state index is 8.74. The molecule has 0 rings (SSSR count). The lowest BCUT2D eigenvalue weighted by Crippen LogP contribution is -1.90. The molecule has 2 N–H and O–H groups in total. The number of hydrogen-bond donors (Lipinski definition) is 2. The van der Waals surface area contributed by atoms with Crippen LogP contribution in [-0.2, 0) is 4.46 Å². The first-order valence-electron chi connectivity index (χ1n) is 1.15. The molecule has 0 saturated heterocycles. The van der Waals surface area contributed by atoms with Gasteiger partial charge in [0.15, 0.2) is 0 Å². The van der Waals surface area contributed by atoms with Crippen molar-refractivity contribution in [3.63, 3.8) is 0 Å². The summed E-state index contributed by atoms with van der Waals surface area (Å²) in [5, 5.41) is 0. The van der Waals surface area contributed by atoms with Gasteiger partial charge in [-0.2, -0.15) is 0 Å². The minimum atomic E-state index is -3.13. The molecule has 36 valence electrons. The van der Waals surface area contributed by atoms with Crippen LogP contribution in [0.4, 0.5) is 0 Å². The molecule has 0 unspecified atom stereocenters. The minimum Gasteiger partial charge on any atom is -0.511 e. The van der Waals surface area contributed by atoms with Gasteiger partial charge in [0.1, 0.15) is 0 Å². The van der Waals surface area contributed by atoms with E-state index in [4.69, 9.17) is 14.1 Å². The van der Waals surface area contributed by atoms with Crippen molar-refractivity contribution in [2.75, 3.05) is 0 Å². The van der Waals surface area contributed by atoms with Crippen LogP contribution in [0.15, 0.2) is 13.2 Å². The van der Waals surface area contributed by atoms with Gasteiger partial charge in [0.05, 0.1) is 0 Å². The molecule has 3 nitrogen and oxygen atoms in total. The van der Waals surface area contributed by atoms with Gasteiger partial charge in [-0.1, -0.05) is 0 Å². The third-order valence-electron chi connectivity index (χ3n) is 0. The average molecular weight is 106 g/mol. The van der Waals surface area contributed by atoms with Gasteiger partial charge in [-0.25, -0.2) is 0 Å². The van der Waals surface area contributed by atoms with Gasteiger partial charge in [-0.3, -0.25) is 4.46 Å². The predicted molar refractivity (Wildman–Crippen MR) is 22.1 cm³/mol. The third-order valence-corrected chi connectivity index (χ3v) is 0. The van der Waals surface area contributed by atoms with Crippen molar-refractivity contribution >= 4 is 9.17 Å². The van der Waals surface area contributed by atoms with Crippen LogP contribution >= 0.6 is 0 Å². The minimum absolute atomic E-state index is 3.00. The van der Waals surface area contributed by atoms with Gasteiger partial charge < -0.3 is 9.59 Å². The molecule has 0 aromatic rings. The van der Waals surface area contributed by atoms with E-state index in [0.29, 0.717) is 0 Å². The van der Waals surface area contributed by atoms with Crippen LogP contribution in [0, 0.1) is 0 Å². The van der Waals surface area contributed by atoms with Crippen molar-refractivity contribution in [2.24, 2.45) is 0 Å². The monoisotopic (exact) mass is 106 g/mol. The summed E-state index contributed by atoms with van der Waals surface area (Å²) in [7, 11) is -3.13. The normalized spacial score (nSPS) is 4.67. The van der Waals surface area contributed by atoms with E-state index in [1.165, 1.54) is 0 Å². The molecule has 4 heteroatoms. The summed E-state index contributed by atoms with van der Waals surface area (Å²) in [6.07, 6.45) is 0. The first-order valence-corrected chi connectivity index (χ1v) is 2.45. The Morgan fingerprint density at radius 1 is 1.33 bits per heavy atom. The summed E-state index contributed by atoms with van der Waals surface area (Å²) in [6.45, 7) is 6.00. The summed E-state index contributed by atoms with van der Waals surface area (Å²) in [6, 6.07) is 0. The molecule has 0 aliphatic heterocycles. The van der Waals surface area contributed by atoms with Gasteiger partial charge >= 0.3 is 9.17 Å². The molecule has 0 aromatic heterocycles. The molecule has 0 aliphatic rings. The lowest BCUT2D eigenvalue weighted by Gasteiger charge is -1.55. The summed E-state index contributed by atoms with van der Waals surface area (Å²) >= 11 is 0. The highest BCUT2D eigenvalue weighted by atomic mass is 28.3. The lowest BCUT2D eigenvalue weighted by atomic mass is 11.3. The van der Waals surface area contributed by atoms with Crippen LogP contribution in [0.25, 0.3) is 0 Å². The zero-order valence-electron chi connectivity index (χ0n) is 3.22. The molecule has 0 spiro atoms. The topological polar surface area (TPSA) is 57.5 Å². The zero-order valence-corrected chi connectivity index (χ0v) is 4.22. The number of hydrogen-bond acceptors (Lipinski definition) is 1. The maximum Gasteiger partial charge on any atom is 0.761 e. The highest BCUT2D eigenvalue weighted by molar-refractivity contribution is 6.22. The fraction of sp³-hybridized carbons (Fsp3) is 0. The first-order chi connectivity index (χ1) is 2.73. The Bertz CT molecular complexity index is 40.1. The Balaban J connectivity index is 0. The smallest absolute Gasteiger partial charge is 0.511 e. The molecule has 0 amide bonds. The Hall–Kier alpha value is -0.643. The fourth-order valence-corrected chi connectivity index (χ4v) is 0. The van der Waals surface area contributed by atoms with E-state index < -0.39 is 9.17 Å². The first kappa shape index (κ1) is 9.02. The lowest BCUT2D eigenvalue weighted by molar-refractivity contribution is 0.330. The molecule has 6 heavy (non-hydrogen) atoms. The summed E-state index contributed by atoms with van der Waals surface area (Å²) in [5.41, 5.74) is 0. The van der Waals surface area contributed by atoms with E-state index in [-0.39, 0.29) is 0 Å². The van der Waals surface area contributed by atoms with Crippen LogP contribution in [0.5, 0.6) is 0 Å². The van der Waals surface area contributed by atoms with Gasteiger partial charge in [0, 0.05) is 0 Å². The maximum atomic E-state index is 8.74. The van der Waals surface area contributed by atoms with Crippen molar-refractivity contribution in [3.05, 3.63) is 13.2 Å². The quantitative estimate of drug-likeness (QED) is 0.313. The van der Waals surface area contributed by atoms with E-state index in [0.717, 1.165) is 0 Å². The second-order valence-corrected chi connectivity index (χ2v) is 0.848. The molecule has 0 radical (unpaired) electrons. The van der Waals surface area contributed by atoms with E-state index in [9.17, 15) is 0 Å². The molecular weight excluding hydrogens is 100 g/mol. The molecule has 0 aliphatic carbocycles. The highest BCUT2D eigenvalue weighted by Crippen LogP contribution is 1.27. The second-order valence-electron chi connectivity index (χ2n) is 0.283. The van der Waals surface area contributed by atoms with E-state index in [1.54, 1.807) is 0 Å². The van der Waals surface area contributed by atoms with Crippen molar-refractivity contribution < 1.29 is 14.1 Å². The second kappa shape index (κ2) is 8.84. The molecule has 0 bridgehead atoms. The van der Waals surface area contributed by atoms with Crippen LogP contribution in [-0.4, -0.2) is 18.8 Å². The van der Waals surface area contributed by atoms with E-state index in [1.807, 2.05) is 0 Å². The summed E-state index contributed by atoms with van der Waals surface area (Å²) < 4.78 is 8.74. The van der Waals surface area contributed by atoms with Gasteiger partial charge in [-0.15, -0.1) is 13.2 Å². The average Bonchev–Trinajstić information content (AvgIpc) is 1.41. The Labute approximate surface area is 37.5 Å².